The van der Waals surface area contributed by atoms with E-state index in [-0.39, 0.29) is 23.8 Å². The molecule has 0 bridgehead atoms. The first-order chi connectivity index (χ1) is 8.84. The van der Waals surface area contributed by atoms with E-state index in [4.69, 9.17) is 10.8 Å². The molecule has 1 aromatic rings. The number of amides is 1. The zero-order valence-corrected chi connectivity index (χ0v) is 11.9. The number of nitrogen functional groups attached to an aromatic ring is 1. The van der Waals surface area contributed by atoms with Gasteiger partial charge in [-0.25, -0.2) is 0 Å². The SMILES string of the molecule is CC(CC(=O)NCC(C)(C)CO)c1ccc(N)cc1. The summed E-state index contributed by atoms with van der Waals surface area (Å²) in [5.41, 5.74) is 7.19. The first-order valence-electron chi connectivity index (χ1n) is 6.57. The highest BCUT2D eigenvalue weighted by Crippen LogP contribution is 2.20. The van der Waals surface area contributed by atoms with Crippen molar-refractivity contribution in [3.8, 4) is 0 Å². The van der Waals surface area contributed by atoms with Gasteiger partial charge in [0.1, 0.15) is 0 Å². The van der Waals surface area contributed by atoms with Gasteiger partial charge in [0.05, 0.1) is 0 Å². The number of benzene rings is 1. The maximum Gasteiger partial charge on any atom is 0.220 e. The van der Waals surface area contributed by atoms with E-state index in [0.29, 0.717) is 13.0 Å². The molecular weight excluding hydrogens is 240 g/mol. The number of aliphatic hydroxyl groups is 1. The van der Waals surface area contributed by atoms with Gasteiger partial charge in [-0.3, -0.25) is 4.79 Å². The highest BCUT2D eigenvalue weighted by Gasteiger charge is 2.18. The Balaban J connectivity index is 2.46. The number of nitrogens with one attached hydrogen (secondary N) is 1. The van der Waals surface area contributed by atoms with Crippen LogP contribution in [0.15, 0.2) is 24.3 Å². The molecule has 1 aromatic carbocycles. The number of rotatable bonds is 6. The molecule has 0 fully saturated rings. The van der Waals surface area contributed by atoms with Crippen LogP contribution in [-0.4, -0.2) is 24.2 Å². The Bertz CT molecular complexity index is 413. The summed E-state index contributed by atoms with van der Waals surface area (Å²) < 4.78 is 0. The standard InChI is InChI=1S/C15H24N2O2/c1-11(12-4-6-13(16)7-5-12)8-14(19)17-9-15(2,3)10-18/h4-7,11,18H,8-10,16H2,1-3H3,(H,17,19). The molecule has 1 unspecified atom stereocenters. The minimum Gasteiger partial charge on any atom is -0.399 e. The van der Waals surface area contributed by atoms with Crippen LogP contribution < -0.4 is 11.1 Å². The van der Waals surface area contributed by atoms with Crippen molar-refractivity contribution in [2.75, 3.05) is 18.9 Å². The number of aliphatic hydroxyl groups excluding tert-OH is 1. The lowest BCUT2D eigenvalue weighted by molar-refractivity contribution is -0.121. The van der Waals surface area contributed by atoms with Crippen molar-refractivity contribution in [1.82, 2.24) is 5.32 Å². The molecule has 4 heteroatoms. The third-order valence-corrected chi connectivity index (χ3v) is 3.19. The maximum absolute atomic E-state index is 11.8. The molecule has 4 nitrogen and oxygen atoms in total. The molecule has 106 valence electrons. The van der Waals surface area contributed by atoms with Crippen molar-refractivity contribution in [3.63, 3.8) is 0 Å². The van der Waals surface area contributed by atoms with E-state index in [0.717, 1.165) is 11.3 Å². The first-order valence-corrected chi connectivity index (χ1v) is 6.57. The highest BCUT2D eigenvalue weighted by molar-refractivity contribution is 5.76. The summed E-state index contributed by atoms with van der Waals surface area (Å²) in [7, 11) is 0. The summed E-state index contributed by atoms with van der Waals surface area (Å²) in [5.74, 6) is 0.156. The Morgan fingerprint density at radius 1 is 1.37 bits per heavy atom. The van der Waals surface area contributed by atoms with Crippen LogP contribution in [0.25, 0.3) is 0 Å². The Morgan fingerprint density at radius 2 is 1.95 bits per heavy atom. The van der Waals surface area contributed by atoms with Crippen LogP contribution in [0.3, 0.4) is 0 Å². The zero-order chi connectivity index (χ0) is 14.5. The van der Waals surface area contributed by atoms with Crippen molar-refractivity contribution in [1.29, 1.82) is 0 Å². The number of hydrogen-bond donors (Lipinski definition) is 3. The second-order valence-corrected chi connectivity index (χ2v) is 5.87. The largest absolute Gasteiger partial charge is 0.399 e. The molecule has 19 heavy (non-hydrogen) atoms. The molecule has 0 spiro atoms. The summed E-state index contributed by atoms with van der Waals surface area (Å²) in [6, 6.07) is 7.59. The molecular formula is C15H24N2O2. The van der Waals surface area contributed by atoms with E-state index in [2.05, 4.69) is 5.32 Å². The Labute approximate surface area is 115 Å². The molecule has 0 aliphatic rings. The molecule has 0 saturated heterocycles. The molecule has 0 aliphatic carbocycles. The minimum absolute atomic E-state index is 0.00542. The van der Waals surface area contributed by atoms with Gasteiger partial charge in [-0.15, -0.1) is 0 Å². The number of carbonyl (C=O) groups excluding carboxylic acids is 1. The van der Waals surface area contributed by atoms with E-state index in [1.165, 1.54) is 0 Å². The van der Waals surface area contributed by atoms with E-state index in [1.807, 2.05) is 45.0 Å². The number of hydrogen-bond acceptors (Lipinski definition) is 3. The van der Waals surface area contributed by atoms with E-state index < -0.39 is 0 Å². The predicted molar refractivity (Wildman–Crippen MR) is 77.8 cm³/mol. The normalized spacial score (nSPS) is 13.1. The van der Waals surface area contributed by atoms with Gasteiger partial charge in [0.2, 0.25) is 5.91 Å². The average molecular weight is 264 g/mol. The van der Waals surface area contributed by atoms with Gasteiger partial charge in [-0.1, -0.05) is 32.9 Å². The zero-order valence-electron chi connectivity index (χ0n) is 11.9. The Kier molecular flexibility index (Phi) is 5.36. The van der Waals surface area contributed by atoms with Crippen molar-refractivity contribution in [2.45, 2.75) is 33.1 Å². The topological polar surface area (TPSA) is 75.3 Å². The van der Waals surface area contributed by atoms with Gasteiger partial charge in [0, 0.05) is 30.7 Å². The maximum atomic E-state index is 11.8. The van der Waals surface area contributed by atoms with Gasteiger partial charge >= 0.3 is 0 Å². The summed E-state index contributed by atoms with van der Waals surface area (Å²) in [5, 5.41) is 12.0. The lowest BCUT2D eigenvalue weighted by atomic mass is 9.94. The summed E-state index contributed by atoms with van der Waals surface area (Å²) in [6.07, 6.45) is 0.436. The molecule has 0 aromatic heterocycles. The Hall–Kier alpha value is -1.55. The molecule has 1 amide bonds. The van der Waals surface area contributed by atoms with Crippen LogP contribution in [-0.2, 0) is 4.79 Å². The van der Waals surface area contributed by atoms with Crippen molar-refractivity contribution in [3.05, 3.63) is 29.8 Å². The summed E-state index contributed by atoms with van der Waals surface area (Å²) in [6.45, 7) is 6.38. The van der Waals surface area contributed by atoms with E-state index >= 15 is 0 Å². The van der Waals surface area contributed by atoms with Crippen LogP contribution >= 0.6 is 0 Å². The van der Waals surface area contributed by atoms with Gasteiger partial charge < -0.3 is 16.2 Å². The number of anilines is 1. The second-order valence-electron chi connectivity index (χ2n) is 5.87. The molecule has 0 saturated carbocycles. The first kappa shape index (κ1) is 15.5. The van der Waals surface area contributed by atoms with Crippen molar-refractivity contribution >= 4 is 11.6 Å². The molecule has 0 aliphatic heterocycles. The van der Waals surface area contributed by atoms with Gasteiger partial charge in [-0.2, -0.15) is 0 Å². The lowest BCUT2D eigenvalue weighted by Crippen LogP contribution is -2.36. The van der Waals surface area contributed by atoms with Crippen molar-refractivity contribution in [2.24, 2.45) is 5.41 Å². The average Bonchev–Trinajstić information content (AvgIpc) is 2.37. The monoisotopic (exact) mass is 264 g/mol. The van der Waals surface area contributed by atoms with Crippen LogP contribution in [0.5, 0.6) is 0 Å². The molecule has 1 rings (SSSR count). The van der Waals surface area contributed by atoms with Gasteiger partial charge in [-0.05, 0) is 23.6 Å². The molecule has 1 atom stereocenters. The van der Waals surface area contributed by atoms with Gasteiger partial charge in [0.15, 0.2) is 0 Å². The van der Waals surface area contributed by atoms with Crippen molar-refractivity contribution < 1.29 is 9.90 Å². The lowest BCUT2D eigenvalue weighted by Gasteiger charge is -2.22. The molecule has 0 radical (unpaired) electrons. The van der Waals surface area contributed by atoms with Crippen LogP contribution in [0.4, 0.5) is 5.69 Å². The van der Waals surface area contributed by atoms with Crippen LogP contribution in [0.2, 0.25) is 0 Å². The Morgan fingerprint density at radius 3 is 2.47 bits per heavy atom. The quantitative estimate of drug-likeness (QED) is 0.687. The molecule has 4 N–H and O–H groups in total. The fraction of sp³-hybridized carbons (Fsp3) is 0.533. The third-order valence-electron chi connectivity index (χ3n) is 3.19. The number of nitrogens with two attached hydrogens (primary N) is 1. The fourth-order valence-corrected chi connectivity index (χ4v) is 1.69. The van der Waals surface area contributed by atoms with Crippen LogP contribution in [0, 0.1) is 5.41 Å². The number of carbonyl (C=O) groups is 1. The van der Waals surface area contributed by atoms with E-state index in [1.54, 1.807) is 0 Å². The summed E-state index contributed by atoms with van der Waals surface area (Å²) in [4.78, 5) is 11.8. The highest BCUT2D eigenvalue weighted by atomic mass is 16.3. The van der Waals surface area contributed by atoms with Gasteiger partial charge in [0.25, 0.3) is 0 Å². The predicted octanol–water partition coefficient (Wildman–Crippen LogP) is 1.90. The van der Waals surface area contributed by atoms with E-state index in [9.17, 15) is 4.79 Å². The summed E-state index contributed by atoms with van der Waals surface area (Å²) >= 11 is 0. The smallest absolute Gasteiger partial charge is 0.220 e. The van der Waals surface area contributed by atoms with Crippen LogP contribution in [0.1, 0.15) is 38.7 Å². The fourth-order valence-electron chi connectivity index (χ4n) is 1.69. The third kappa shape index (κ3) is 5.30. The minimum atomic E-state index is -0.278. The molecule has 0 heterocycles. The second kappa shape index (κ2) is 6.57.